The number of rotatable bonds is 10. The number of hydrogen-bond donors (Lipinski definition) is 2. The van der Waals surface area contributed by atoms with Crippen LogP contribution >= 0.6 is 0 Å². The fourth-order valence-corrected chi connectivity index (χ4v) is 2.12. The second-order valence-electron chi connectivity index (χ2n) is 7.19. The van der Waals surface area contributed by atoms with Gasteiger partial charge in [0.1, 0.15) is 6.04 Å². The zero-order valence-electron chi connectivity index (χ0n) is 20.7. The Labute approximate surface area is 196 Å². The summed E-state index contributed by atoms with van der Waals surface area (Å²) in [6.45, 7) is 10.2. The van der Waals surface area contributed by atoms with E-state index in [1.807, 2.05) is 31.2 Å². The van der Waals surface area contributed by atoms with E-state index in [-0.39, 0.29) is 18.9 Å². The maximum atomic E-state index is 11.7. The molecule has 0 saturated heterocycles. The molecule has 1 aromatic carbocycles. The van der Waals surface area contributed by atoms with Crippen LogP contribution in [-0.4, -0.2) is 55.7 Å². The van der Waals surface area contributed by atoms with E-state index < -0.39 is 23.9 Å². The molecule has 9 nitrogen and oxygen atoms in total. The second kappa shape index (κ2) is 19.3. The predicted molar refractivity (Wildman–Crippen MR) is 128 cm³/mol. The predicted octanol–water partition coefficient (Wildman–Crippen LogP) is 3.45. The highest BCUT2D eigenvalue weighted by atomic mass is 16.5. The van der Waals surface area contributed by atoms with Crippen LogP contribution in [0.3, 0.4) is 0 Å². The van der Waals surface area contributed by atoms with Crippen molar-refractivity contribution < 1.29 is 33.8 Å². The molecule has 0 aromatic heterocycles. The van der Waals surface area contributed by atoms with E-state index in [2.05, 4.69) is 28.6 Å². The molecule has 0 spiro atoms. The highest BCUT2D eigenvalue weighted by molar-refractivity contribution is 5.86. The molecule has 186 valence electrons. The van der Waals surface area contributed by atoms with Crippen LogP contribution in [0.2, 0.25) is 0 Å². The second-order valence-corrected chi connectivity index (χ2v) is 7.19. The van der Waals surface area contributed by atoms with Gasteiger partial charge in [0.2, 0.25) is 5.91 Å². The lowest BCUT2D eigenvalue weighted by molar-refractivity contribution is -0.142. The number of esters is 1. The number of benzene rings is 1. The number of carbonyl (C=O) groups is 4. The summed E-state index contributed by atoms with van der Waals surface area (Å²) in [4.78, 5) is 45.1. The molecule has 0 aliphatic heterocycles. The van der Waals surface area contributed by atoms with Gasteiger partial charge < -0.3 is 24.8 Å². The summed E-state index contributed by atoms with van der Waals surface area (Å²) in [5, 5.41) is 11.6. The number of carboxylic acid groups (broad SMARTS) is 1. The van der Waals surface area contributed by atoms with Crippen molar-refractivity contribution in [1.29, 1.82) is 0 Å². The van der Waals surface area contributed by atoms with Gasteiger partial charge in [-0.3, -0.25) is 14.4 Å². The number of aryl methyl sites for hydroxylation is 1. The van der Waals surface area contributed by atoms with Crippen LogP contribution in [0.25, 0.3) is 0 Å². The van der Waals surface area contributed by atoms with E-state index >= 15 is 0 Å². The number of anilines is 1. The van der Waals surface area contributed by atoms with Crippen LogP contribution in [0.5, 0.6) is 0 Å². The van der Waals surface area contributed by atoms with Gasteiger partial charge in [0, 0.05) is 25.4 Å². The molecule has 0 radical (unpaired) electrons. The molecule has 0 bridgehead atoms. The highest BCUT2D eigenvalue weighted by Gasteiger charge is 2.17. The summed E-state index contributed by atoms with van der Waals surface area (Å²) in [6, 6.07) is 6.47. The van der Waals surface area contributed by atoms with Crippen molar-refractivity contribution in [1.82, 2.24) is 5.32 Å². The highest BCUT2D eigenvalue weighted by Crippen LogP contribution is 2.17. The summed E-state index contributed by atoms with van der Waals surface area (Å²) in [5.74, 6) is -2.24. The van der Waals surface area contributed by atoms with E-state index in [0.717, 1.165) is 11.3 Å². The Bertz CT molecular complexity index is 748. The summed E-state index contributed by atoms with van der Waals surface area (Å²) < 4.78 is 8.80. The summed E-state index contributed by atoms with van der Waals surface area (Å²) in [7, 11) is 3.02. The van der Waals surface area contributed by atoms with E-state index in [4.69, 9.17) is 0 Å². The number of amides is 1. The molecule has 1 rings (SSSR count). The molecular formula is C24H38N2O7. The average Bonchev–Trinajstić information content (AvgIpc) is 2.75. The summed E-state index contributed by atoms with van der Waals surface area (Å²) in [6.07, 6.45) is 4.02. The first kappa shape index (κ1) is 31.8. The smallest absolute Gasteiger partial charge is 0.330 e. The van der Waals surface area contributed by atoms with Gasteiger partial charge in [-0.05, 0) is 38.5 Å². The molecule has 2 N–H and O–H groups in total. The van der Waals surface area contributed by atoms with Crippen molar-refractivity contribution in [2.24, 2.45) is 0 Å². The third-order valence-corrected chi connectivity index (χ3v) is 3.69. The monoisotopic (exact) mass is 466 g/mol. The zero-order chi connectivity index (χ0) is 25.8. The molecule has 1 amide bonds. The molecule has 9 heteroatoms. The number of nitrogens with one attached hydrogen (secondary N) is 1. The topological polar surface area (TPSA) is 122 Å². The third-order valence-electron chi connectivity index (χ3n) is 3.69. The molecule has 0 aliphatic carbocycles. The summed E-state index contributed by atoms with van der Waals surface area (Å²) in [5.41, 5.74) is 1.97. The molecule has 1 aromatic rings. The minimum absolute atomic E-state index is 0.0301. The van der Waals surface area contributed by atoms with Crippen molar-refractivity contribution in [3.8, 4) is 0 Å². The zero-order valence-corrected chi connectivity index (χ0v) is 20.7. The van der Waals surface area contributed by atoms with Gasteiger partial charge in [-0.1, -0.05) is 38.5 Å². The minimum atomic E-state index is -1.18. The molecule has 0 aliphatic rings. The molecular weight excluding hydrogens is 428 g/mol. The number of carboxylic acids is 1. The lowest BCUT2D eigenvalue weighted by Crippen LogP contribution is -2.39. The van der Waals surface area contributed by atoms with Crippen LogP contribution in [0.1, 0.15) is 52.5 Å². The molecule has 0 saturated carbocycles. The Hall–Kier alpha value is -3.36. The van der Waals surface area contributed by atoms with Gasteiger partial charge in [-0.25, -0.2) is 4.79 Å². The number of aliphatic carboxylic acids is 1. The van der Waals surface area contributed by atoms with Crippen LogP contribution in [0, 0.1) is 6.92 Å². The van der Waals surface area contributed by atoms with Crippen LogP contribution in [-0.2, 0) is 28.7 Å². The lowest BCUT2D eigenvalue weighted by Gasteiger charge is -2.18. The quantitative estimate of drug-likeness (QED) is 0.397. The van der Waals surface area contributed by atoms with Crippen molar-refractivity contribution in [2.45, 2.75) is 66.0 Å². The number of nitrogens with zero attached hydrogens (tertiary/aromatic N) is 1. The lowest BCUT2D eigenvalue weighted by atomic mass is 10.2. The van der Waals surface area contributed by atoms with Gasteiger partial charge in [0.05, 0.1) is 19.6 Å². The van der Waals surface area contributed by atoms with E-state index in [9.17, 15) is 24.3 Å². The molecule has 1 atom stereocenters. The Morgan fingerprint density at radius 3 is 2.15 bits per heavy atom. The van der Waals surface area contributed by atoms with Gasteiger partial charge in [-0.15, -0.1) is 0 Å². The Morgan fingerprint density at radius 2 is 1.73 bits per heavy atom. The van der Waals surface area contributed by atoms with Crippen molar-refractivity contribution in [2.75, 3.05) is 19.1 Å². The van der Waals surface area contributed by atoms with E-state index in [1.54, 1.807) is 32.0 Å². The van der Waals surface area contributed by atoms with E-state index in [1.165, 1.54) is 19.6 Å². The first-order valence-corrected chi connectivity index (χ1v) is 10.7. The van der Waals surface area contributed by atoms with Gasteiger partial charge in [-0.2, -0.15) is 0 Å². The Balaban J connectivity index is 0. The fraction of sp³-hybridized carbons (Fsp3) is 0.500. The number of methoxy groups -OCH3 is 1. The number of ether oxygens (including phenoxy) is 2. The standard InChI is InChI=1S/C17H22N2O5.C4H8O2.C3H8/c1-12-6-4-5-7-14(12)19(2)11-10-13(17(22)23)18-15(20)8-9-16(21)24-3;1-4(2)6-3-5;1-3-2/h4-7,10-11,13H,8-9H2,1-3H3,(H,18,20)(H,22,23);3-4H,1-2H3;3H2,1-2H3/b11-10+;;. The van der Waals surface area contributed by atoms with E-state index in [0.29, 0.717) is 6.47 Å². The molecule has 33 heavy (non-hydrogen) atoms. The van der Waals surface area contributed by atoms with Gasteiger partial charge in [0.25, 0.3) is 6.47 Å². The molecule has 0 fully saturated rings. The number of hydrogen-bond acceptors (Lipinski definition) is 7. The van der Waals surface area contributed by atoms with Crippen LogP contribution in [0.15, 0.2) is 36.5 Å². The van der Waals surface area contributed by atoms with Gasteiger partial charge in [0.15, 0.2) is 0 Å². The number of carbonyl (C=O) groups excluding carboxylic acids is 3. The maximum absolute atomic E-state index is 11.7. The Kier molecular flexibility index (Phi) is 18.6. The summed E-state index contributed by atoms with van der Waals surface area (Å²) >= 11 is 0. The first-order chi connectivity index (χ1) is 15.5. The SMILES string of the molecule is CC(C)OC=O.CCC.COC(=O)CCC(=O)NC(/C=C/N(C)c1ccccc1C)C(=O)O. The maximum Gasteiger partial charge on any atom is 0.330 e. The fourth-order valence-electron chi connectivity index (χ4n) is 2.12. The first-order valence-electron chi connectivity index (χ1n) is 10.7. The minimum Gasteiger partial charge on any atom is -0.479 e. The van der Waals surface area contributed by atoms with Crippen molar-refractivity contribution in [3.05, 3.63) is 42.1 Å². The van der Waals surface area contributed by atoms with Crippen molar-refractivity contribution >= 4 is 30.0 Å². The molecule has 1 unspecified atom stereocenters. The normalized spacial score (nSPS) is 10.7. The number of para-hydroxylation sites is 1. The van der Waals surface area contributed by atoms with Gasteiger partial charge >= 0.3 is 11.9 Å². The van der Waals surface area contributed by atoms with Crippen LogP contribution in [0.4, 0.5) is 5.69 Å². The Morgan fingerprint density at radius 1 is 1.15 bits per heavy atom. The average molecular weight is 467 g/mol. The van der Waals surface area contributed by atoms with Crippen LogP contribution < -0.4 is 10.2 Å². The third kappa shape index (κ3) is 16.9. The molecule has 0 heterocycles. The largest absolute Gasteiger partial charge is 0.479 e. The van der Waals surface area contributed by atoms with Crippen molar-refractivity contribution in [3.63, 3.8) is 0 Å².